The first-order valence-electron chi connectivity index (χ1n) is 5.25. The van der Waals surface area contributed by atoms with Gasteiger partial charge in [0.15, 0.2) is 0 Å². The molecule has 1 aliphatic rings. The zero-order valence-corrected chi connectivity index (χ0v) is 8.80. The second-order valence-electron chi connectivity index (χ2n) is 4.63. The normalized spacial score (nSPS) is 27.0. The first kappa shape index (κ1) is 8.80. The van der Waals surface area contributed by atoms with E-state index in [0.717, 1.165) is 11.8 Å². The lowest BCUT2D eigenvalue weighted by Crippen LogP contribution is -2.20. The summed E-state index contributed by atoms with van der Waals surface area (Å²) in [6, 6.07) is 6.91. The summed E-state index contributed by atoms with van der Waals surface area (Å²) in [6.07, 6.45) is 2.55. The first-order valence-corrected chi connectivity index (χ1v) is 5.25. The molecule has 2 atom stereocenters. The lowest BCUT2D eigenvalue weighted by Gasteiger charge is -2.28. The van der Waals surface area contributed by atoms with Gasteiger partial charge in [-0.15, -0.1) is 0 Å². The predicted octanol–water partition coefficient (Wildman–Crippen LogP) is 3.37. The summed E-state index contributed by atoms with van der Waals surface area (Å²) in [6.45, 7) is 6.92. The highest BCUT2D eigenvalue weighted by atomic mass is 14.3. The molecule has 1 aromatic carbocycles. The van der Waals surface area contributed by atoms with Crippen LogP contribution in [0, 0.1) is 18.8 Å². The van der Waals surface area contributed by atoms with Gasteiger partial charge in [-0.2, -0.15) is 0 Å². The minimum atomic E-state index is 0.856. The van der Waals surface area contributed by atoms with E-state index in [2.05, 4.69) is 39.0 Å². The molecule has 0 heteroatoms. The maximum absolute atomic E-state index is 2.37. The van der Waals surface area contributed by atoms with Crippen LogP contribution in [0.1, 0.15) is 30.5 Å². The molecule has 0 nitrogen and oxygen atoms in total. The topological polar surface area (TPSA) is 0 Å². The molecule has 0 amide bonds. The number of rotatable bonds is 0. The fraction of sp³-hybridized carbons (Fsp3) is 0.538. The van der Waals surface area contributed by atoms with E-state index in [0.29, 0.717) is 0 Å². The van der Waals surface area contributed by atoms with Crippen molar-refractivity contribution < 1.29 is 0 Å². The molecule has 13 heavy (non-hydrogen) atoms. The van der Waals surface area contributed by atoms with Gasteiger partial charge in [0.05, 0.1) is 0 Å². The third-order valence-electron chi connectivity index (χ3n) is 3.42. The fourth-order valence-electron chi connectivity index (χ4n) is 2.24. The van der Waals surface area contributed by atoms with Crippen molar-refractivity contribution in [2.75, 3.05) is 0 Å². The van der Waals surface area contributed by atoms with Crippen LogP contribution in [0.3, 0.4) is 0 Å². The van der Waals surface area contributed by atoms with Crippen molar-refractivity contribution in [2.45, 2.75) is 33.6 Å². The molecular formula is C13H18. The molecule has 0 fully saturated rings. The van der Waals surface area contributed by atoms with E-state index in [-0.39, 0.29) is 0 Å². The van der Waals surface area contributed by atoms with Gasteiger partial charge >= 0.3 is 0 Å². The number of hydrogen-bond donors (Lipinski definition) is 0. The molecule has 0 N–H and O–H groups in total. The maximum Gasteiger partial charge on any atom is -0.0248 e. The van der Waals surface area contributed by atoms with Crippen LogP contribution in [0.15, 0.2) is 18.2 Å². The third kappa shape index (κ3) is 1.63. The van der Waals surface area contributed by atoms with Gasteiger partial charge in [-0.3, -0.25) is 0 Å². The maximum atomic E-state index is 2.37. The number of fused-ring (bicyclic) bond motifs is 1. The van der Waals surface area contributed by atoms with Crippen molar-refractivity contribution in [3.63, 3.8) is 0 Å². The Morgan fingerprint density at radius 1 is 1.00 bits per heavy atom. The Hall–Kier alpha value is -0.780. The summed E-state index contributed by atoms with van der Waals surface area (Å²) in [4.78, 5) is 0. The van der Waals surface area contributed by atoms with E-state index in [1.54, 1.807) is 11.1 Å². The largest absolute Gasteiger partial charge is 0.0619 e. The second-order valence-corrected chi connectivity index (χ2v) is 4.63. The summed E-state index contributed by atoms with van der Waals surface area (Å²) in [5, 5.41) is 0. The molecule has 0 bridgehead atoms. The van der Waals surface area contributed by atoms with Crippen LogP contribution in [0.4, 0.5) is 0 Å². The Labute approximate surface area is 81.0 Å². The Bertz CT molecular complexity index is 312. The van der Waals surface area contributed by atoms with Crippen molar-refractivity contribution >= 4 is 0 Å². The Morgan fingerprint density at radius 3 is 2.31 bits per heavy atom. The zero-order valence-electron chi connectivity index (χ0n) is 8.80. The molecule has 0 spiro atoms. The monoisotopic (exact) mass is 174 g/mol. The molecule has 1 unspecified atom stereocenters. The van der Waals surface area contributed by atoms with Crippen LogP contribution in [0.25, 0.3) is 0 Å². The van der Waals surface area contributed by atoms with Crippen molar-refractivity contribution in [3.8, 4) is 0 Å². The van der Waals surface area contributed by atoms with Gasteiger partial charge in [-0.25, -0.2) is 0 Å². The molecule has 1 aromatic rings. The minimum absolute atomic E-state index is 0.856. The van der Waals surface area contributed by atoms with E-state index in [4.69, 9.17) is 0 Å². The van der Waals surface area contributed by atoms with Crippen molar-refractivity contribution in [2.24, 2.45) is 11.8 Å². The van der Waals surface area contributed by atoms with Gasteiger partial charge in [0, 0.05) is 0 Å². The van der Waals surface area contributed by atoms with E-state index in [9.17, 15) is 0 Å². The molecule has 0 radical (unpaired) electrons. The molecule has 0 aliphatic heterocycles. The van der Waals surface area contributed by atoms with Gasteiger partial charge in [0.25, 0.3) is 0 Å². The van der Waals surface area contributed by atoms with Gasteiger partial charge in [-0.1, -0.05) is 37.6 Å². The summed E-state index contributed by atoms with van der Waals surface area (Å²) in [5.74, 6) is 1.71. The van der Waals surface area contributed by atoms with E-state index < -0.39 is 0 Å². The first-order chi connectivity index (χ1) is 6.16. The highest BCUT2D eigenvalue weighted by Crippen LogP contribution is 2.29. The van der Waals surface area contributed by atoms with Crippen molar-refractivity contribution in [3.05, 3.63) is 34.9 Å². The lowest BCUT2D eigenvalue weighted by atomic mass is 9.77. The Morgan fingerprint density at radius 2 is 1.62 bits per heavy atom. The summed E-state index contributed by atoms with van der Waals surface area (Å²) < 4.78 is 0. The molecule has 70 valence electrons. The Balaban J connectivity index is 2.37. The molecular weight excluding hydrogens is 156 g/mol. The summed E-state index contributed by atoms with van der Waals surface area (Å²) >= 11 is 0. The average molecular weight is 174 g/mol. The van der Waals surface area contributed by atoms with Gasteiger partial charge in [0.2, 0.25) is 0 Å². The van der Waals surface area contributed by atoms with Crippen LogP contribution < -0.4 is 0 Å². The van der Waals surface area contributed by atoms with Crippen LogP contribution >= 0.6 is 0 Å². The highest BCUT2D eigenvalue weighted by molar-refractivity contribution is 5.34. The van der Waals surface area contributed by atoms with Crippen LogP contribution in [0.2, 0.25) is 0 Å². The van der Waals surface area contributed by atoms with Crippen LogP contribution in [-0.4, -0.2) is 0 Å². The minimum Gasteiger partial charge on any atom is -0.0619 e. The molecule has 0 saturated carbocycles. The zero-order chi connectivity index (χ0) is 9.42. The van der Waals surface area contributed by atoms with Gasteiger partial charge in [-0.05, 0) is 42.7 Å². The number of benzene rings is 1. The van der Waals surface area contributed by atoms with E-state index in [1.165, 1.54) is 18.4 Å². The van der Waals surface area contributed by atoms with Crippen molar-refractivity contribution in [1.82, 2.24) is 0 Å². The van der Waals surface area contributed by atoms with Gasteiger partial charge < -0.3 is 0 Å². The molecule has 1 aliphatic carbocycles. The van der Waals surface area contributed by atoms with Crippen LogP contribution in [-0.2, 0) is 12.8 Å². The third-order valence-corrected chi connectivity index (χ3v) is 3.42. The predicted molar refractivity (Wildman–Crippen MR) is 56.9 cm³/mol. The molecule has 0 aromatic heterocycles. The van der Waals surface area contributed by atoms with Gasteiger partial charge in [0.1, 0.15) is 0 Å². The quantitative estimate of drug-likeness (QED) is 0.565. The molecule has 0 saturated heterocycles. The Kier molecular flexibility index (Phi) is 2.15. The second kappa shape index (κ2) is 3.17. The highest BCUT2D eigenvalue weighted by Gasteiger charge is 2.21. The number of hydrogen-bond acceptors (Lipinski definition) is 0. The van der Waals surface area contributed by atoms with E-state index in [1.807, 2.05) is 0 Å². The van der Waals surface area contributed by atoms with Crippen LogP contribution in [0.5, 0.6) is 0 Å². The number of aryl methyl sites for hydroxylation is 1. The summed E-state index contributed by atoms with van der Waals surface area (Å²) in [5.41, 5.74) is 4.57. The van der Waals surface area contributed by atoms with Crippen molar-refractivity contribution in [1.29, 1.82) is 0 Å². The fourth-order valence-corrected chi connectivity index (χ4v) is 2.24. The SMILES string of the molecule is Cc1ccc2c(c1)CC(C)[C@H](C)C2. The molecule has 0 heterocycles. The smallest absolute Gasteiger partial charge is 0.0248 e. The summed E-state index contributed by atoms with van der Waals surface area (Å²) in [7, 11) is 0. The lowest BCUT2D eigenvalue weighted by molar-refractivity contribution is 0.361. The molecule has 2 rings (SSSR count). The average Bonchev–Trinajstić information content (AvgIpc) is 2.08. The van der Waals surface area contributed by atoms with E-state index >= 15 is 0 Å². The standard InChI is InChI=1S/C13H18/c1-9-4-5-12-7-10(2)11(3)8-13(12)6-9/h4-6,10-11H,7-8H2,1-3H3/t10-,11?/m1/s1.